The molecule has 2 N–H and O–H groups in total. The van der Waals surface area contributed by atoms with Crippen LogP contribution in [0.15, 0.2) is 36.5 Å². The fraction of sp³-hybridized carbons (Fsp3) is 0.308. The van der Waals surface area contributed by atoms with E-state index in [1.807, 2.05) is 0 Å². The first-order chi connectivity index (χ1) is 19.0. The molecule has 1 fully saturated rings. The fourth-order valence-electron chi connectivity index (χ4n) is 4.38. The normalized spacial score (nSPS) is 16.6. The summed E-state index contributed by atoms with van der Waals surface area (Å²) in [7, 11) is 2.83. The zero-order valence-corrected chi connectivity index (χ0v) is 21.3. The van der Waals surface area contributed by atoms with Gasteiger partial charge in [0.2, 0.25) is 11.8 Å². The predicted octanol–water partition coefficient (Wildman–Crippen LogP) is 4.28. The number of carbonyl (C=O) groups excluding carboxylic acids is 2. The van der Waals surface area contributed by atoms with Crippen molar-refractivity contribution in [1.29, 1.82) is 0 Å². The Labute approximate surface area is 225 Å². The molecule has 5 rings (SSSR count). The smallest absolute Gasteiger partial charge is 0.423 e. The minimum Gasteiger partial charge on any atom is -0.495 e. The van der Waals surface area contributed by atoms with Crippen LogP contribution in [-0.4, -0.2) is 60.1 Å². The maximum atomic E-state index is 14.9. The van der Waals surface area contributed by atoms with Crippen LogP contribution in [0.4, 0.5) is 29.2 Å². The van der Waals surface area contributed by atoms with Crippen molar-refractivity contribution in [3.05, 3.63) is 64.6 Å². The lowest BCUT2D eigenvalue weighted by molar-refractivity contribution is -0.139. The number of alkyl halides is 3. The van der Waals surface area contributed by atoms with E-state index in [1.165, 1.54) is 18.1 Å². The first-order valence-electron chi connectivity index (χ1n) is 12.1. The third-order valence-electron chi connectivity index (χ3n) is 6.39. The number of rotatable bonds is 7. The molecule has 0 radical (unpaired) electrons. The lowest BCUT2D eigenvalue weighted by Gasteiger charge is -2.17. The molecule has 1 aromatic heterocycles. The van der Waals surface area contributed by atoms with Crippen molar-refractivity contribution < 1.29 is 41.4 Å². The Balaban J connectivity index is 1.46. The SMILES string of the molecule is COc1cc(C(=O)N[C@H]2CCOC2)c(F)cc1Nc1ncc(C(F)(F)F)c(Oc2cccc3c2C(=O)N(C)C3)n1. The van der Waals surface area contributed by atoms with Crippen molar-refractivity contribution in [2.24, 2.45) is 0 Å². The highest BCUT2D eigenvalue weighted by Crippen LogP contribution is 2.40. The molecule has 210 valence electrons. The monoisotopic (exact) mass is 561 g/mol. The minimum absolute atomic E-state index is 0.00898. The van der Waals surface area contributed by atoms with Crippen molar-refractivity contribution in [2.75, 3.05) is 32.7 Å². The molecule has 10 nitrogen and oxygen atoms in total. The summed E-state index contributed by atoms with van der Waals surface area (Å²) in [4.78, 5) is 34.1. The Morgan fingerprint density at radius 2 is 2.02 bits per heavy atom. The molecule has 2 aliphatic rings. The molecule has 0 saturated carbocycles. The highest BCUT2D eigenvalue weighted by atomic mass is 19.4. The molecule has 3 heterocycles. The van der Waals surface area contributed by atoms with E-state index in [0.717, 1.165) is 12.1 Å². The Bertz CT molecular complexity index is 1480. The molecule has 0 spiro atoms. The molecule has 3 aromatic rings. The molecule has 2 aliphatic heterocycles. The second-order valence-electron chi connectivity index (χ2n) is 9.16. The molecule has 0 aliphatic carbocycles. The van der Waals surface area contributed by atoms with E-state index in [0.29, 0.717) is 31.4 Å². The highest BCUT2D eigenvalue weighted by Gasteiger charge is 2.37. The number of nitrogens with zero attached hydrogens (tertiary/aromatic N) is 3. The zero-order valence-electron chi connectivity index (χ0n) is 21.3. The molecule has 2 aromatic carbocycles. The number of methoxy groups -OCH3 is 1. The van der Waals surface area contributed by atoms with Crippen LogP contribution in [0.25, 0.3) is 0 Å². The lowest BCUT2D eigenvalue weighted by Crippen LogP contribution is -2.35. The molecule has 40 heavy (non-hydrogen) atoms. The van der Waals surface area contributed by atoms with Crippen molar-refractivity contribution in [1.82, 2.24) is 20.2 Å². The van der Waals surface area contributed by atoms with Crippen LogP contribution in [0, 0.1) is 5.82 Å². The molecule has 14 heteroatoms. The van der Waals surface area contributed by atoms with E-state index in [9.17, 15) is 27.2 Å². The van der Waals surface area contributed by atoms with Gasteiger partial charge >= 0.3 is 6.18 Å². The van der Waals surface area contributed by atoms with Gasteiger partial charge in [-0.1, -0.05) is 12.1 Å². The van der Waals surface area contributed by atoms with Crippen LogP contribution in [0.1, 0.15) is 38.3 Å². The quantitative estimate of drug-likeness (QED) is 0.411. The number of anilines is 2. The van der Waals surface area contributed by atoms with Crippen molar-refractivity contribution >= 4 is 23.5 Å². The summed E-state index contributed by atoms with van der Waals surface area (Å²) >= 11 is 0. The number of nitrogens with one attached hydrogen (secondary N) is 2. The van der Waals surface area contributed by atoms with E-state index in [-0.39, 0.29) is 46.8 Å². The number of fused-ring (bicyclic) bond motifs is 1. The summed E-state index contributed by atoms with van der Waals surface area (Å²) in [5, 5.41) is 5.29. The Morgan fingerprint density at radius 1 is 1.23 bits per heavy atom. The van der Waals surface area contributed by atoms with E-state index in [2.05, 4.69) is 20.6 Å². The standard InChI is InChI=1S/C26H23F4N5O5/c1-35-11-13-4-3-5-19(21(13)24(35)37)40-23-16(26(28,29)30)10-31-25(34-23)33-18-9-17(27)15(8-20(18)38-2)22(36)32-14-6-7-39-12-14/h3-5,8-10,14H,6-7,11-12H2,1-2H3,(H,32,36)(H,31,33,34)/t14-/m0/s1. The van der Waals surface area contributed by atoms with Crippen molar-refractivity contribution in [3.8, 4) is 17.4 Å². The third kappa shape index (κ3) is 5.34. The van der Waals surface area contributed by atoms with Crippen molar-refractivity contribution in [3.63, 3.8) is 0 Å². The summed E-state index contributed by atoms with van der Waals surface area (Å²) in [5.41, 5.74) is -0.901. The van der Waals surface area contributed by atoms with Gasteiger partial charge in [-0.25, -0.2) is 9.37 Å². The molecule has 0 bridgehead atoms. The van der Waals surface area contributed by atoms with Crippen LogP contribution in [0.2, 0.25) is 0 Å². The molecular weight excluding hydrogens is 538 g/mol. The molecule has 1 saturated heterocycles. The Kier molecular flexibility index (Phi) is 7.19. The van der Waals surface area contributed by atoms with Crippen molar-refractivity contribution in [2.45, 2.75) is 25.2 Å². The van der Waals surface area contributed by atoms with Gasteiger partial charge in [-0.3, -0.25) is 9.59 Å². The minimum atomic E-state index is -4.88. The second kappa shape index (κ2) is 10.6. The van der Waals surface area contributed by atoms with E-state index >= 15 is 0 Å². The van der Waals surface area contributed by atoms with E-state index < -0.39 is 35.3 Å². The second-order valence-corrected chi connectivity index (χ2v) is 9.16. The number of halogens is 4. The van der Waals surface area contributed by atoms with E-state index in [4.69, 9.17) is 14.2 Å². The molecule has 2 amide bonds. The Morgan fingerprint density at radius 3 is 2.73 bits per heavy atom. The Hall–Kier alpha value is -4.46. The summed E-state index contributed by atoms with van der Waals surface area (Å²) in [6.07, 6.45) is -3.78. The van der Waals surface area contributed by atoms with Gasteiger partial charge in [-0.2, -0.15) is 18.2 Å². The summed E-state index contributed by atoms with van der Waals surface area (Å²) in [6, 6.07) is 6.44. The van der Waals surface area contributed by atoms with Gasteiger partial charge in [0.05, 0.1) is 36.6 Å². The number of aromatic nitrogens is 2. The summed E-state index contributed by atoms with van der Waals surface area (Å²) in [6.45, 7) is 1.08. The first-order valence-corrected chi connectivity index (χ1v) is 12.1. The van der Waals surface area contributed by atoms with Gasteiger partial charge in [-0.15, -0.1) is 0 Å². The average molecular weight is 561 g/mol. The average Bonchev–Trinajstić information content (AvgIpc) is 3.51. The van der Waals surface area contributed by atoms with Gasteiger partial charge in [-0.05, 0) is 24.1 Å². The topological polar surface area (TPSA) is 115 Å². The molecule has 1 atom stereocenters. The van der Waals surface area contributed by atoms with Crippen LogP contribution in [0.3, 0.4) is 0 Å². The van der Waals surface area contributed by atoms with Crippen LogP contribution in [-0.2, 0) is 17.5 Å². The van der Waals surface area contributed by atoms with E-state index in [1.54, 1.807) is 19.2 Å². The van der Waals surface area contributed by atoms with Gasteiger partial charge in [0.15, 0.2) is 0 Å². The first kappa shape index (κ1) is 27.1. The number of benzene rings is 2. The third-order valence-corrected chi connectivity index (χ3v) is 6.39. The molecule has 0 unspecified atom stereocenters. The number of hydrogen-bond donors (Lipinski definition) is 2. The fourth-order valence-corrected chi connectivity index (χ4v) is 4.38. The maximum Gasteiger partial charge on any atom is 0.423 e. The summed E-state index contributed by atoms with van der Waals surface area (Å²) in [5.74, 6) is -3.33. The van der Waals surface area contributed by atoms with Gasteiger partial charge in [0.1, 0.15) is 22.9 Å². The number of carbonyl (C=O) groups is 2. The van der Waals surface area contributed by atoms with Crippen LogP contribution < -0.4 is 20.1 Å². The van der Waals surface area contributed by atoms with Gasteiger partial charge < -0.3 is 29.7 Å². The summed E-state index contributed by atoms with van der Waals surface area (Å²) < 4.78 is 72.3. The van der Waals surface area contributed by atoms with Gasteiger partial charge in [0, 0.05) is 32.5 Å². The van der Waals surface area contributed by atoms with Crippen LogP contribution >= 0.6 is 0 Å². The maximum absolute atomic E-state index is 14.9. The number of hydrogen-bond acceptors (Lipinski definition) is 8. The largest absolute Gasteiger partial charge is 0.495 e. The van der Waals surface area contributed by atoms with Crippen LogP contribution in [0.5, 0.6) is 17.4 Å². The zero-order chi connectivity index (χ0) is 28.6. The van der Waals surface area contributed by atoms with Gasteiger partial charge in [0.25, 0.3) is 11.8 Å². The predicted molar refractivity (Wildman–Crippen MR) is 132 cm³/mol. The highest BCUT2D eigenvalue weighted by molar-refractivity contribution is 6.01. The number of amides is 2. The molecular formula is C26H23F4N5O5. The number of ether oxygens (including phenoxy) is 3. The lowest BCUT2D eigenvalue weighted by atomic mass is 10.1.